The molecule has 51 valence electrons. The van der Waals surface area contributed by atoms with Crippen LogP contribution < -0.4 is 0 Å². The maximum absolute atomic E-state index is 5.78. The summed E-state index contributed by atoms with van der Waals surface area (Å²) in [6.45, 7) is 0. The van der Waals surface area contributed by atoms with Crippen LogP contribution in [0.1, 0.15) is 0 Å². The Balaban J connectivity index is 0.000000605. The van der Waals surface area contributed by atoms with Crippen LogP contribution in [0.25, 0.3) is 11.0 Å². The van der Waals surface area contributed by atoms with Gasteiger partial charge in [0.2, 0.25) is 0 Å². The van der Waals surface area contributed by atoms with E-state index in [1.165, 1.54) is 0 Å². The maximum atomic E-state index is 5.78. The number of fused-ring (bicyclic) bond motifs is 1. The first-order chi connectivity index (χ1) is 4.88. The van der Waals surface area contributed by atoms with Crippen molar-refractivity contribution in [1.82, 2.24) is 15.4 Å². The summed E-state index contributed by atoms with van der Waals surface area (Å²) in [5.74, 6) is 0. The first-order valence-electron chi connectivity index (χ1n) is 2.83. The quantitative estimate of drug-likeness (QED) is 0.614. The van der Waals surface area contributed by atoms with Gasteiger partial charge in [0.05, 0.1) is 5.02 Å². The average Bonchev–Trinajstić information content (AvgIpc) is 2.36. The van der Waals surface area contributed by atoms with Gasteiger partial charge in [0.15, 0.2) is 0 Å². The molecule has 0 spiro atoms. The van der Waals surface area contributed by atoms with Crippen molar-refractivity contribution in [3.63, 3.8) is 0 Å². The summed E-state index contributed by atoms with van der Waals surface area (Å²) >= 11 is 5.78. The summed E-state index contributed by atoms with van der Waals surface area (Å²) in [7, 11) is 0. The Hall–Kier alpha value is -0.0900. The number of nitrogens with zero attached hydrogens (tertiary/aromatic N) is 2. The van der Waals surface area contributed by atoms with Crippen molar-refractivity contribution < 1.29 is 0 Å². The molecule has 3 nitrogen and oxygen atoms in total. The molecule has 2 aromatic rings. The van der Waals surface area contributed by atoms with Crippen molar-refractivity contribution in [2.75, 3.05) is 0 Å². The Morgan fingerprint density at radius 2 is 2.09 bits per heavy atom. The van der Waals surface area contributed by atoms with E-state index in [2.05, 4.69) is 15.4 Å². The van der Waals surface area contributed by atoms with Gasteiger partial charge in [-0.05, 0) is 12.1 Å². The monoisotopic (exact) mass is 176 g/mol. The van der Waals surface area contributed by atoms with Gasteiger partial charge in [-0.3, -0.25) is 0 Å². The standard InChI is InChI=1S/C6H4ClN3.Na/c7-4-2-1-3-5-6(4)9-10-8-5;/h1-3H,(H,8,9,10);. The molecular formula is C6H4ClN3Na. The largest absolute Gasteiger partial charge is 0.197 e. The number of rotatable bonds is 0. The Labute approximate surface area is 90.4 Å². The van der Waals surface area contributed by atoms with Gasteiger partial charge in [0.25, 0.3) is 0 Å². The van der Waals surface area contributed by atoms with E-state index in [1.807, 2.05) is 12.1 Å². The summed E-state index contributed by atoms with van der Waals surface area (Å²) in [4.78, 5) is 0. The van der Waals surface area contributed by atoms with Crippen molar-refractivity contribution in [3.8, 4) is 0 Å². The van der Waals surface area contributed by atoms with E-state index in [-0.39, 0.29) is 29.6 Å². The summed E-state index contributed by atoms with van der Waals surface area (Å²) < 4.78 is 0. The number of hydrogen-bond donors (Lipinski definition) is 1. The van der Waals surface area contributed by atoms with Crippen molar-refractivity contribution in [3.05, 3.63) is 23.2 Å². The molecule has 1 radical (unpaired) electrons. The molecule has 1 N–H and O–H groups in total. The third kappa shape index (κ3) is 1.56. The van der Waals surface area contributed by atoms with Crippen LogP contribution in [0.15, 0.2) is 18.2 Å². The molecule has 1 aromatic heterocycles. The smallest absolute Gasteiger partial charge is 0.131 e. The van der Waals surface area contributed by atoms with Gasteiger partial charge in [-0.25, -0.2) is 0 Å². The molecule has 0 aliphatic heterocycles. The zero-order chi connectivity index (χ0) is 6.97. The minimum atomic E-state index is 0. The van der Waals surface area contributed by atoms with E-state index in [9.17, 15) is 0 Å². The molecule has 0 saturated heterocycles. The fourth-order valence-corrected chi connectivity index (χ4v) is 1.05. The second kappa shape index (κ2) is 3.54. The topological polar surface area (TPSA) is 41.6 Å². The van der Waals surface area contributed by atoms with E-state index in [0.717, 1.165) is 11.0 Å². The third-order valence-electron chi connectivity index (χ3n) is 1.30. The van der Waals surface area contributed by atoms with Crippen molar-refractivity contribution in [2.24, 2.45) is 0 Å². The Bertz CT molecular complexity index is 359. The molecule has 2 rings (SSSR count). The molecule has 0 fully saturated rings. The van der Waals surface area contributed by atoms with Crippen molar-refractivity contribution in [1.29, 1.82) is 0 Å². The van der Waals surface area contributed by atoms with Gasteiger partial charge in [0, 0.05) is 29.6 Å². The molecule has 0 aliphatic rings. The minimum Gasteiger partial charge on any atom is -0.197 e. The van der Waals surface area contributed by atoms with Crippen LogP contribution in [0.2, 0.25) is 5.02 Å². The molecule has 5 heteroatoms. The number of hydrogen-bond acceptors (Lipinski definition) is 2. The van der Waals surface area contributed by atoms with Gasteiger partial charge in [-0.15, -0.1) is 0 Å². The number of aromatic nitrogens is 3. The summed E-state index contributed by atoms with van der Waals surface area (Å²) in [6.07, 6.45) is 0. The number of H-pyrrole nitrogens is 1. The predicted molar refractivity (Wildman–Crippen MR) is 44.7 cm³/mol. The summed E-state index contributed by atoms with van der Waals surface area (Å²) in [5, 5.41) is 10.8. The van der Waals surface area contributed by atoms with Gasteiger partial charge < -0.3 is 0 Å². The predicted octanol–water partition coefficient (Wildman–Crippen LogP) is 1.23. The number of para-hydroxylation sites is 1. The van der Waals surface area contributed by atoms with Crippen LogP contribution in [-0.2, 0) is 0 Å². The van der Waals surface area contributed by atoms with Crippen LogP contribution >= 0.6 is 11.6 Å². The van der Waals surface area contributed by atoms with Crippen molar-refractivity contribution >= 4 is 52.2 Å². The third-order valence-corrected chi connectivity index (χ3v) is 1.60. The number of nitrogens with one attached hydrogen (secondary N) is 1. The van der Waals surface area contributed by atoms with E-state index < -0.39 is 0 Å². The molecule has 0 aliphatic carbocycles. The van der Waals surface area contributed by atoms with Gasteiger partial charge in [0.1, 0.15) is 11.0 Å². The van der Waals surface area contributed by atoms with Crippen LogP contribution in [0, 0.1) is 0 Å². The zero-order valence-corrected chi connectivity index (χ0v) is 8.76. The SMILES string of the molecule is Clc1cccc2n[nH]nc12.[Na]. The maximum Gasteiger partial charge on any atom is 0.131 e. The average molecular weight is 177 g/mol. The normalized spacial score (nSPS) is 9.55. The Morgan fingerprint density at radius 1 is 1.27 bits per heavy atom. The molecule has 0 saturated carbocycles. The van der Waals surface area contributed by atoms with Crippen LogP contribution in [0.5, 0.6) is 0 Å². The second-order valence-electron chi connectivity index (χ2n) is 1.93. The van der Waals surface area contributed by atoms with Crippen LogP contribution in [0.3, 0.4) is 0 Å². The van der Waals surface area contributed by atoms with Gasteiger partial charge in [-0.2, -0.15) is 15.4 Å². The van der Waals surface area contributed by atoms with E-state index >= 15 is 0 Å². The fourth-order valence-electron chi connectivity index (χ4n) is 0.834. The van der Waals surface area contributed by atoms with Crippen LogP contribution in [0.4, 0.5) is 0 Å². The molecule has 11 heavy (non-hydrogen) atoms. The number of halogens is 1. The van der Waals surface area contributed by atoms with E-state index in [4.69, 9.17) is 11.6 Å². The first kappa shape index (κ1) is 9.00. The molecule has 1 aromatic carbocycles. The van der Waals surface area contributed by atoms with E-state index in [1.54, 1.807) is 6.07 Å². The fraction of sp³-hybridized carbons (Fsp3) is 0. The zero-order valence-electron chi connectivity index (χ0n) is 6.00. The summed E-state index contributed by atoms with van der Waals surface area (Å²) in [5.41, 5.74) is 1.52. The molecule has 0 amide bonds. The molecule has 0 bridgehead atoms. The first-order valence-corrected chi connectivity index (χ1v) is 3.21. The number of aromatic amines is 1. The van der Waals surface area contributed by atoms with Gasteiger partial charge in [-0.1, -0.05) is 17.7 Å². The summed E-state index contributed by atoms with van der Waals surface area (Å²) in [6, 6.07) is 5.48. The molecular weight excluding hydrogens is 173 g/mol. The molecule has 1 heterocycles. The molecule has 0 atom stereocenters. The number of benzene rings is 1. The molecule has 0 unspecified atom stereocenters. The Morgan fingerprint density at radius 3 is 2.82 bits per heavy atom. The second-order valence-corrected chi connectivity index (χ2v) is 2.34. The van der Waals surface area contributed by atoms with Gasteiger partial charge >= 0.3 is 0 Å². The van der Waals surface area contributed by atoms with E-state index in [0.29, 0.717) is 5.02 Å². The minimum absolute atomic E-state index is 0. The van der Waals surface area contributed by atoms with Crippen LogP contribution in [-0.4, -0.2) is 45.0 Å². The van der Waals surface area contributed by atoms with Crippen molar-refractivity contribution in [2.45, 2.75) is 0 Å². The Kier molecular flexibility index (Phi) is 2.90.